The van der Waals surface area contributed by atoms with E-state index >= 15 is 0 Å². The molecule has 4 rings (SSSR count). The van der Waals surface area contributed by atoms with Gasteiger partial charge in [-0.1, -0.05) is 55.5 Å². The molecule has 0 aliphatic carbocycles. The molecule has 2 amide bonds. The molecule has 3 aromatic rings. The predicted octanol–water partition coefficient (Wildman–Crippen LogP) is 3.39. The summed E-state index contributed by atoms with van der Waals surface area (Å²) < 4.78 is 12.1. The highest BCUT2D eigenvalue weighted by atomic mass is 32.1. The molecule has 1 aliphatic heterocycles. The highest BCUT2D eigenvalue weighted by molar-refractivity contribution is 7.22. The van der Waals surface area contributed by atoms with E-state index in [0.717, 1.165) is 15.8 Å². The van der Waals surface area contributed by atoms with E-state index in [1.165, 1.54) is 11.3 Å². The van der Waals surface area contributed by atoms with Gasteiger partial charge in [-0.2, -0.15) is 0 Å². The molecule has 0 unspecified atom stereocenters. The van der Waals surface area contributed by atoms with Crippen LogP contribution in [-0.4, -0.2) is 36.1 Å². The van der Waals surface area contributed by atoms with Gasteiger partial charge in [-0.3, -0.25) is 9.59 Å². The number of amides is 2. The zero-order valence-electron chi connectivity index (χ0n) is 16.8. The molecule has 0 bridgehead atoms. The summed E-state index contributed by atoms with van der Waals surface area (Å²) in [5.41, 5.74) is 1.63. The second-order valence-corrected chi connectivity index (χ2v) is 8.45. The minimum Gasteiger partial charge on any atom is -0.486 e. The number of carbonyl (C=O) groups excluding carboxylic acids is 2. The van der Waals surface area contributed by atoms with Crippen molar-refractivity contribution in [3.63, 3.8) is 0 Å². The number of hydrogen-bond donors (Lipinski definition) is 2. The monoisotopic (exact) mass is 425 g/mol. The van der Waals surface area contributed by atoms with Crippen LogP contribution in [0.1, 0.15) is 19.4 Å². The number of rotatable bonds is 6. The lowest BCUT2D eigenvalue weighted by Gasteiger charge is -2.21. The van der Waals surface area contributed by atoms with Crippen molar-refractivity contribution in [2.24, 2.45) is 5.92 Å². The predicted molar refractivity (Wildman–Crippen MR) is 116 cm³/mol. The van der Waals surface area contributed by atoms with Crippen LogP contribution in [0.25, 0.3) is 10.2 Å². The van der Waals surface area contributed by atoms with Crippen molar-refractivity contribution in [3.8, 4) is 11.5 Å². The van der Waals surface area contributed by atoms with E-state index in [4.69, 9.17) is 9.47 Å². The third-order valence-electron chi connectivity index (χ3n) is 4.76. The molecule has 1 atom stereocenters. The fourth-order valence-electron chi connectivity index (χ4n) is 3.24. The Morgan fingerprint density at radius 3 is 2.50 bits per heavy atom. The fraction of sp³-hybridized carbons (Fsp3) is 0.318. The summed E-state index contributed by atoms with van der Waals surface area (Å²) in [6.07, 6.45) is 0.226. The molecule has 1 aromatic heterocycles. The van der Waals surface area contributed by atoms with Crippen LogP contribution in [0.2, 0.25) is 0 Å². The first-order valence-electron chi connectivity index (χ1n) is 9.84. The summed E-state index contributed by atoms with van der Waals surface area (Å²) in [6, 6.07) is 12.5. The number of aromatic nitrogens is 1. The van der Waals surface area contributed by atoms with Crippen molar-refractivity contribution in [2.75, 3.05) is 18.5 Å². The SMILES string of the molecule is CC(C)[C@H](NC(=O)Cc1ccccc1)C(=O)Nc1nc2cc3c(cc2s1)OCCO3. The average Bonchev–Trinajstić information content (AvgIpc) is 3.11. The Morgan fingerprint density at radius 1 is 1.10 bits per heavy atom. The molecule has 1 aliphatic rings. The Morgan fingerprint density at radius 2 is 1.80 bits per heavy atom. The minimum atomic E-state index is -0.659. The van der Waals surface area contributed by atoms with Crippen LogP contribution in [0.4, 0.5) is 5.13 Å². The van der Waals surface area contributed by atoms with Crippen LogP contribution in [-0.2, 0) is 16.0 Å². The quantitative estimate of drug-likeness (QED) is 0.632. The lowest BCUT2D eigenvalue weighted by atomic mass is 10.0. The van der Waals surface area contributed by atoms with Gasteiger partial charge in [0, 0.05) is 12.1 Å². The maximum absolute atomic E-state index is 12.9. The van der Waals surface area contributed by atoms with Crippen molar-refractivity contribution in [2.45, 2.75) is 26.3 Å². The summed E-state index contributed by atoms with van der Waals surface area (Å²) in [7, 11) is 0. The van der Waals surface area contributed by atoms with Gasteiger partial charge in [0.25, 0.3) is 0 Å². The molecule has 30 heavy (non-hydrogen) atoms. The van der Waals surface area contributed by atoms with Gasteiger partial charge in [-0.15, -0.1) is 0 Å². The van der Waals surface area contributed by atoms with Crippen LogP contribution in [0.5, 0.6) is 11.5 Å². The first kappa shape index (κ1) is 20.2. The van der Waals surface area contributed by atoms with Crippen molar-refractivity contribution in [1.82, 2.24) is 10.3 Å². The second-order valence-electron chi connectivity index (χ2n) is 7.42. The van der Waals surface area contributed by atoms with Gasteiger partial charge in [0.2, 0.25) is 11.8 Å². The summed E-state index contributed by atoms with van der Waals surface area (Å²) in [6.45, 7) is 4.81. The Balaban J connectivity index is 1.45. The molecule has 156 valence electrons. The van der Waals surface area contributed by atoms with Crippen LogP contribution < -0.4 is 20.1 Å². The molecule has 0 fully saturated rings. The van der Waals surface area contributed by atoms with E-state index < -0.39 is 6.04 Å². The van der Waals surface area contributed by atoms with E-state index in [1.807, 2.05) is 56.3 Å². The molecular weight excluding hydrogens is 402 g/mol. The average molecular weight is 426 g/mol. The highest BCUT2D eigenvalue weighted by Gasteiger charge is 2.25. The van der Waals surface area contributed by atoms with E-state index in [-0.39, 0.29) is 24.2 Å². The van der Waals surface area contributed by atoms with Gasteiger partial charge in [-0.05, 0) is 11.5 Å². The molecule has 0 saturated heterocycles. The number of ether oxygens (including phenoxy) is 2. The number of hydrogen-bond acceptors (Lipinski definition) is 6. The number of carbonyl (C=O) groups is 2. The largest absolute Gasteiger partial charge is 0.486 e. The van der Waals surface area contributed by atoms with Gasteiger partial charge in [-0.25, -0.2) is 4.98 Å². The molecule has 2 N–H and O–H groups in total. The Labute approximate surface area is 178 Å². The first-order valence-corrected chi connectivity index (χ1v) is 10.7. The summed E-state index contributed by atoms with van der Waals surface area (Å²) >= 11 is 1.36. The molecule has 0 spiro atoms. The molecule has 0 saturated carbocycles. The topological polar surface area (TPSA) is 89.6 Å². The standard InChI is InChI=1S/C22H23N3O4S/c1-13(2)20(24-19(26)10-14-6-4-3-5-7-14)21(27)25-22-23-15-11-16-17(12-18(15)30-22)29-9-8-28-16/h3-7,11-13,20H,8-10H2,1-2H3,(H,24,26)(H,23,25,27)/t20-/m0/s1. The smallest absolute Gasteiger partial charge is 0.248 e. The summed E-state index contributed by atoms with van der Waals surface area (Å²) in [4.78, 5) is 29.8. The van der Waals surface area contributed by atoms with Crippen molar-refractivity contribution >= 4 is 38.5 Å². The third kappa shape index (κ3) is 4.54. The third-order valence-corrected chi connectivity index (χ3v) is 5.69. The number of anilines is 1. The molecular formula is C22H23N3O4S. The Hall–Kier alpha value is -3.13. The number of nitrogens with zero attached hydrogens (tertiary/aromatic N) is 1. The highest BCUT2D eigenvalue weighted by Crippen LogP contribution is 2.37. The maximum atomic E-state index is 12.9. The summed E-state index contributed by atoms with van der Waals surface area (Å²) in [5.74, 6) is 0.783. The van der Waals surface area contributed by atoms with Crippen LogP contribution in [0, 0.1) is 5.92 Å². The first-order chi connectivity index (χ1) is 14.5. The molecule has 2 heterocycles. The molecule has 0 radical (unpaired) electrons. The van der Waals surface area contributed by atoms with E-state index in [0.29, 0.717) is 29.8 Å². The fourth-order valence-corrected chi connectivity index (χ4v) is 4.12. The van der Waals surface area contributed by atoms with Gasteiger partial charge in [0.05, 0.1) is 16.6 Å². The lowest BCUT2D eigenvalue weighted by molar-refractivity contribution is -0.127. The molecule has 2 aromatic carbocycles. The van der Waals surface area contributed by atoms with Gasteiger partial charge in [0.1, 0.15) is 19.3 Å². The number of nitrogens with one attached hydrogen (secondary N) is 2. The number of fused-ring (bicyclic) bond motifs is 2. The van der Waals surface area contributed by atoms with Crippen LogP contribution in [0.3, 0.4) is 0 Å². The van der Waals surface area contributed by atoms with E-state index in [9.17, 15) is 9.59 Å². The number of thiazole rings is 1. The number of benzene rings is 2. The van der Waals surface area contributed by atoms with Gasteiger partial charge in [0.15, 0.2) is 16.6 Å². The zero-order chi connectivity index (χ0) is 21.1. The van der Waals surface area contributed by atoms with Gasteiger partial charge < -0.3 is 20.1 Å². The normalized spacial score (nSPS) is 13.8. The second kappa shape index (κ2) is 8.71. The summed E-state index contributed by atoms with van der Waals surface area (Å²) in [5, 5.41) is 6.17. The van der Waals surface area contributed by atoms with Crippen LogP contribution in [0.15, 0.2) is 42.5 Å². The van der Waals surface area contributed by atoms with Crippen molar-refractivity contribution < 1.29 is 19.1 Å². The van der Waals surface area contributed by atoms with E-state index in [2.05, 4.69) is 15.6 Å². The van der Waals surface area contributed by atoms with Crippen molar-refractivity contribution in [1.29, 1.82) is 0 Å². The van der Waals surface area contributed by atoms with Crippen molar-refractivity contribution in [3.05, 3.63) is 48.0 Å². The Bertz CT molecular complexity index is 1020. The van der Waals surface area contributed by atoms with Crippen LogP contribution >= 0.6 is 11.3 Å². The lowest BCUT2D eigenvalue weighted by Crippen LogP contribution is -2.47. The van der Waals surface area contributed by atoms with Gasteiger partial charge >= 0.3 is 0 Å². The molecule has 7 nitrogen and oxygen atoms in total. The zero-order valence-corrected chi connectivity index (χ0v) is 17.6. The van der Waals surface area contributed by atoms with E-state index in [1.54, 1.807) is 0 Å². The maximum Gasteiger partial charge on any atom is 0.248 e. The Kier molecular flexibility index (Phi) is 5.85. The minimum absolute atomic E-state index is 0.0757. The molecule has 8 heteroatoms.